The Labute approximate surface area is 130 Å². The van der Waals surface area contributed by atoms with E-state index in [9.17, 15) is 0 Å². The van der Waals surface area contributed by atoms with Gasteiger partial charge in [-0.3, -0.25) is 4.40 Å². The second-order valence-electron chi connectivity index (χ2n) is 6.02. The predicted octanol–water partition coefficient (Wildman–Crippen LogP) is 3.12. The van der Waals surface area contributed by atoms with E-state index in [-0.39, 0.29) is 6.10 Å². The third kappa shape index (κ3) is 3.30. The second kappa shape index (κ2) is 6.90. The third-order valence-electron chi connectivity index (χ3n) is 4.73. The zero-order valence-electron chi connectivity index (χ0n) is 12.9. The van der Waals surface area contributed by atoms with Crippen molar-refractivity contribution in [3.05, 3.63) is 23.5 Å². The Morgan fingerprint density at radius 1 is 1.43 bits per heavy atom. The van der Waals surface area contributed by atoms with Gasteiger partial charge in [-0.05, 0) is 25.8 Å². The number of fused-ring (bicyclic) bond motifs is 1. The van der Waals surface area contributed by atoms with Gasteiger partial charge in [0.2, 0.25) is 0 Å². The van der Waals surface area contributed by atoms with Gasteiger partial charge in [0.15, 0.2) is 4.96 Å². The summed E-state index contributed by atoms with van der Waals surface area (Å²) in [5.74, 6) is 0.685. The highest BCUT2D eigenvalue weighted by Gasteiger charge is 2.30. The minimum atomic E-state index is 0.287. The molecule has 3 rings (SSSR count). The number of nitrogens with zero attached hydrogens (tertiary/aromatic N) is 2. The summed E-state index contributed by atoms with van der Waals surface area (Å²) in [6, 6.07) is 0.336. The van der Waals surface area contributed by atoms with Crippen molar-refractivity contribution in [1.29, 1.82) is 0 Å². The molecule has 116 valence electrons. The molecule has 0 aliphatic heterocycles. The lowest BCUT2D eigenvalue weighted by atomic mass is 9.81. The molecule has 5 heteroatoms. The molecule has 0 saturated heterocycles. The highest BCUT2D eigenvalue weighted by atomic mass is 32.1. The second-order valence-corrected chi connectivity index (χ2v) is 6.90. The quantitative estimate of drug-likeness (QED) is 0.891. The molecule has 21 heavy (non-hydrogen) atoms. The SMILES string of the molecule is CNC(Cc1cn2ccsc2n1)C(OC)C1CCCCC1. The molecule has 2 aromatic heterocycles. The van der Waals surface area contributed by atoms with Crippen LogP contribution in [0.2, 0.25) is 0 Å². The standard InChI is InChI=1S/C16H25N3OS/c1-17-14(15(20-2)12-6-4-3-5-7-12)10-13-11-19-8-9-21-16(19)18-13/h8-9,11-12,14-15,17H,3-7,10H2,1-2H3. The van der Waals surface area contributed by atoms with E-state index < -0.39 is 0 Å². The Hall–Kier alpha value is -0.910. The summed E-state index contributed by atoms with van der Waals surface area (Å²) in [4.78, 5) is 5.78. The first-order valence-electron chi connectivity index (χ1n) is 7.93. The summed E-state index contributed by atoms with van der Waals surface area (Å²) in [6.07, 6.45) is 12.1. The van der Waals surface area contributed by atoms with E-state index in [2.05, 4.69) is 27.5 Å². The lowest BCUT2D eigenvalue weighted by Gasteiger charge is -2.34. The molecule has 1 aliphatic carbocycles. The Kier molecular flexibility index (Phi) is 4.93. The normalized spacial score (nSPS) is 19.9. The lowest BCUT2D eigenvalue weighted by Crippen LogP contribution is -2.45. The Balaban J connectivity index is 1.71. The van der Waals surface area contributed by atoms with Gasteiger partial charge in [0, 0.05) is 37.3 Å². The summed E-state index contributed by atoms with van der Waals surface area (Å²) >= 11 is 1.69. The minimum Gasteiger partial charge on any atom is -0.380 e. The molecule has 2 atom stereocenters. The van der Waals surface area contributed by atoms with Crippen LogP contribution in [0.1, 0.15) is 37.8 Å². The van der Waals surface area contributed by atoms with Crippen molar-refractivity contribution in [3.8, 4) is 0 Å². The van der Waals surface area contributed by atoms with Gasteiger partial charge in [-0.1, -0.05) is 19.3 Å². The molecule has 2 heterocycles. The van der Waals surface area contributed by atoms with Crippen molar-refractivity contribution in [2.45, 2.75) is 50.7 Å². The number of ether oxygens (including phenoxy) is 1. The van der Waals surface area contributed by atoms with Gasteiger partial charge in [0.25, 0.3) is 0 Å². The fraction of sp³-hybridized carbons (Fsp3) is 0.688. The van der Waals surface area contributed by atoms with E-state index in [1.165, 1.54) is 32.1 Å². The van der Waals surface area contributed by atoms with Gasteiger partial charge in [-0.2, -0.15) is 0 Å². The van der Waals surface area contributed by atoms with Crippen LogP contribution in [0.3, 0.4) is 0 Å². The molecule has 0 radical (unpaired) electrons. The molecule has 2 unspecified atom stereocenters. The van der Waals surface area contributed by atoms with E-state index in [1.807, 2.05) is 14.2 Å². The number of methoxy groups -OCH3 is 1. The van der Waals surface area contributed by atoms with E-state index in [0.29, 0.717) is 12.0 Å². The van der Waals surface area contributed by atoms with Gasteiger partial charge in [-0.25, -0.2) is 4.98 Å². The predicted molar refractivity (Wildman–Crippen MR) is 87.0 cm³/mol. The molecule has 1 N–H and O–H groups in total. The van der Waals surface area contributed by atoms with Crippen LogP contribution in [0.5, 0.6) is 0 Å². The molecular weight excluding hydrogens is 282 g/mol. The van der Waals surface area contributed by atoms with Crippen molar-refractivity contribution < 1.29 is 4.74 Å². The van der Waals surface area contributed by atoms with Crippen molar-refractivity contribution in [2.24, 2.45) is 5.92 Å². The van der Waals surface area contributed by atoms with Gasteiger partial charge in [-0.15, -0.1) is 11.3 Å². The summed E-state index contributed by atoms with van der Waals surface area (Å²) in [7, 11) is 3.90. The van der Waals surface area contributed by atoms with E-state index in [0.717, 1.165) is 17.1 Å². The molecule has 2 aromatic rings. The zero-order chi connectivity index (χ0) is 14.7. The van der Waals surface area contributed by atoms with E-state index >= 15 is 0 Å². The fourth-order valence-electron chi connectivity index (χ4n) is 3.63. The van der Waals surface area contributed by atoms with Crippen molar-refractivity contribution >= 4 is 16.3 Å². The van der Waals surface area contributed by atoms with Crippen LogP contribution < -0.4 is 5.32 Å². The van der Waals surface area contributed by atoms with Crippen LogP contribution in [0, 0.1) is 5.92 Å². The highest BCUT2D eigenvalue weighted by molar-refractivity contribution is 7.15. The van der Waals surface area contributed by atoms with Crippen molar-refractivity contribution in [2.75, 3.05) is 14.2 Å². The highest BCUT2D eigenvalue weighted by Crippen LogP contribution is 2.30. The molecule has 1 fully saturated rings. The molecule has 0 bridgehead atoms. The minimum absolute atomic E-state index is 0.287. The van der Waals surface area contributed by atoms with Crippen LogP contribution in [-0.2, 0) is 11.2 Å². The Bertz CT molecular complexity index is 530. The van der Waals surface area contributed by atoms with E-state index in [4.69, 9.17) is 9.72 Å². The maximum Gasteiger partial charge on any atom is 0.193 e. The number of hydrogen-bond donors (Lipinski definition) is 1. The number of rotatable bonds is 6. The topological polar surface area (TPSA) is 38.6 Å². The maximum absolute atomic E-state index is 5.88. The fourth-order valence-corrected chi connectivity index (χ4v) is 4.35. The lowest BCUT2D eigenvalue weighted by molar-refractivity contribution is 0.00996. The summed E-state index contributed by atoms with van der Waals surface area (Å²) in [6.45, 7) is 0. The first kappa shape index (κ1) is 15.0. The Morgan fingerprint density at radius 3 is 2.90 bits per heavy atom. The molecule has 1 saturated carbocycles. The van der Waals surface area contributed by atoms with E-state index in [1.54, 1.807) is 11.3 Å². The Morgan fingerprint density at radius 2 is 2.24 bits per heavy atom. The van der Waals surface area contributed by atoms with Gasteiger partial charge < -0.3 is 10.1 Å². The zero-order valence-corrected chi connectivity index (χ0v) is 13.7. The number of imidazole rings is 1. The number of hydrogen-bond acceptors (Lipinski definition) is 4. The number of thiazole rings is 1. The summed E-state index contributed by atoms with van der Waals surface area (Å²) in [5.41, 5.74) is 1.15. The average molecular weight is 307 g/mol. The molecule has 0 spiro atoms. The number of aromatic nitrogens is 2. The average Bonchev–Trinajstić information content (AvgIpc) is 3.09. The number of nitrogens with one attached hydrogen (secondary N) is 1. The smallest absolute Gasteiger partial charge is 0.193 e. The first-order valence-corrected chi connectivity index (χ1v) is 8.81. The maximum atomic E-state index is 5.88. The van der Waals surface area contributed by atoms with Crippen LogP contribution >= 0.6 is 11.3 Å². The first-order chi connectivity index (χ1) is 10.3. The van der Waals surface area contributed by atoms with Crippen LogP contribution in [0.15, 0.2) is 17.8 Å². The van der Waals surface area contributed by atoms with Gasteiger partial charge in [0.05, 0.1) is 11.8 Å². The molecule has 0 amide bonds. The van der Waals surface area contributed by atoms with Gasteiger partial charge in [0.1, 0.15) is 0 Å². The molecular formula is C16H25N3OS. The molecule has 0 aromatic carbocycles. The monoisotopic (exact) mass is 307 g/mol. The van der Waals surface area contributed by atoms with Crippen LogP contribution in [-0.4, -0.2) is 35.7 Å². The van der Waals surface area contributed by atoms with Crippen LogP contribution in [0.4, 0.5) is 0 Å². The molecule has 1 aliphatic rings. The van der Waals surface area contributed by atoms with Gasteiger partial charge >= 0.3 is 0 Å². The largest absolute Gasteiger partial charge is 0.380 e. The summed E-state index contributed by atoms with van der Waals surface area (Å²) < 4.78 is 7.98. The van der Waals surface area contributed by atoms with Crippen molar-refractivity contribution in [3.63, 3.8) is 0 Å². The van der Waals surface area contributed by atoms with Crippen molar-refractivity contribution in [1.82, 2.24) is 14.7 Å². The number of likely N-dealkylation sites (N-methyl/N-ethyl adjacent to an activating group) is 1. The summed E-state index contributed by atoms with van der Waals surface area (Å²) in [5, 5.41) is 5.54. The third-order valence-corrected chi connectivity index (χ3v) is 5.50. The molecule has 4 nitrogen and oxygen atoms in total. The van der Waals surface area contributed by atoms with Crippen LogP contribution in [0.25, 0.3) is 4.96 Å².